The fourth-order valence-corrected chi connectivity index (χ4v) is 1.74. The van der Waals surface area contributed by atoms with Crippen LogP contribution in [0.1, 0.15) is 28.9 Å². The highest BCUT2D eigenvalue weighted by molar-refractivity contribution is 5.84. The van der Waals surface area contributed by atoms with E-state index in [1.165, 1.54) is 0 Å². The Morgan fingerprint density at radius 2 is 2.67 bits per heavy atom. The Balaban J connectivity index is 2.30. The second kappa shape index (κ2) is 5.77. The molecule has 0 saturated carbocycles. The summed E-state index contributed by atoms with van der Waals surface area (Å²) in [4.78, 5) is 12.3. The maximum atomic E-state index is 11.8. The maximum Gasteiger partial charge on any atom is 0.407 e. The van der Waals surface area contributed by atoms with Crippen LogP contribution in [0.2, 0.25) is 2.82 Å². The smallest absolute Gasteiger partial charge is 0.407 e. The van der Waals surface area contributed by atoms with Gasteiger partial charge in [0.15, 0.2) is 2.82 Å². The Morgan fingerprint density at radius 3 is 3.43 bits per heavy atom. The molecular weight excluding hydrogens is 266 g/mol. The van der Waals surface area contributed by atoms with Gasteiger partial charge in [-0.3, -0.25) is 0 Å². The van der Waals surface area contributed by atoms with Crippen LogP contribution in [0.15, 0.2) is 24.4 Å². The van der Waals surface area contributed by atoms with E-state index in [4.69, 9.17) is 20.6 Å². The zero-order valence-electron chi connectivity index (χ0n) is 25.9. The molecule has 2 heterocycles. The number of nitrogens with one attached hydrogen (secondary N) is 2. The van der Waals surface area contributed by atoms with Gasteiger partial charge in [-0.2, -0.15) is 0 Å². The zero-order valence-corrected chi connectivity index (χ0v) is 10.9. The minimum absolute atomic E-state index is 0.141. The molecule has 3 rings (SSSR count). The molecule has 1 saturated heterocycles. The molecule has 1 fully saturated rings. The van der Waals surface area contributed by atoms with Gasteiger partial charge in [-0.05, 0) is 50.0 Å². The van der Waals surface area contributed by atoms with Gasteiger partial charge in [-0.25, -0.2) is 4.79 Å². The molecular formula is C16H21N3O2. The number of H-pyrrole nitrogens is 1. The first-order valence-corrected chi connectivity index (χ1v) is 5.89. The maximum absolute atomic E-state index is 11.8. The lowest BCUT2D eigenvalue weighted by Crippen LogP contribution is -2.28. The number of alkyl carbamates (subject to hydrolysis) is 1. The van der Waals surface area contributed by atoms with Crippen molar-refractivity contribution < 1.29 is 30.2 Å². The lowest BCUT2D eigenvalue weighted by atomic mass is 10.0. The molecule has 5 nitrogen and oxygen atoms in total. The topological polar surface area (TPSA) is 57.4 Å². The first-order valence-electron chi connectivity index (χ1n) is 13.3. The number of amides is 1. The second-order valence-corrected chi connectivity index (χ2v) is 4.18. The van der Waals surface area contributed by atoms with Gasteiger partial charge in [0, 0.05) is 35.9 Å². The zero-order chi connectivity index (χ0) is 28.0. The molecule has 0 bridgehead atoms. The second-order valence-electron chi connectivity index (χ2n) is 4.18. The monoisotopic (exact) mass is 302 g/mol. The van der Waals surface area contributed by atoms with E-state index in [1.54, 1.807) is 0 Å². The number of benzene rings is 1. The summed E-state index contributed by atoms with van der Waals surface area (Å²) in [5.74, 6) is 0. The summed E-state index contributed by atoms with van der Waals surface area (Å²) in [5.41, 5.74) is -1.57. The molecule has 0 unspecified atom stereocenters. The van der Waals surface area contributed by atoms with Crippen LogP contribution < -0.4 is 5.31 Å². The van der Waals surface area contributed by atoms with E-state index >= 15 is 0 Å². The summed E-state index contributed by atoms with van der Waals surface area (Å²) in [6.07, 6.45) is -8.94. The number of aromatic nitrogens is 1. The Kier molecular flexibility index (Phi) is 1.30. The van der Waals surface area contributed by atoms with Crippen molar-refractivity contribution in [1.29, 1.82) is 0 Å². The van der Waals surface area contributed by atoms with Gasteiger partial charge in [0.1, 0.15) is 6.56 Å². The summed E-state index contributed by atoms with van der Waals surface area (Å²) in [6.45, 7) is -9.66. The number of carbonyl (C=O) groups is 1. The molecule has 5 heteroatoms. The lowest BCUT2D eigenvalue weighted by Gasteiger charge is -2.09. The Hall–Kier alpha value is -2.01. The highest BCUT2D eigenvalue weighted by atomic mass is 16.6. The van der Waals surface area contributed by atoms with E-state index in [9.17, 15) is 4.79 Å². The van der Waals surface area contributed by atoms with Crippen LogP contribution in [0.3, 0.4) is 0 Å². The minimum atomic E-state index is -3.30. The highest BCUT2D eigenvalue weighted by Crippen LogP contribution is 2.21. The van der Waals surface area contributed by atoms with Crippen LogP contribution in [0.4, 0.5) is 4.79 Å². The van der Waals surface area contributed by atoms with Crippen molar-refractivity contribution in [3.63, 3.8) is 0 Å². The number of hydrogen-bond donors (Lipinski definition) is 2. The molecule has 1 aliphatic rings. The van der Waals surface area contributed by atoms with Gasteiger partial charge >= 0.3 is 6.09 Å². The van der Waals surface area contributed by atoms with Crippen LogP contribution in [0.5, 0.6) is 0 Å². The fourth-order valence-electron chi connectivity index (χ4n) is 1.74. The number of fused-ring (bicyclic) bond motifs is 1. The van der Waals surface area contributed by atoms with E-state index in [2.05, 4.69) is 4.74 Å². The number of ether oxygens (including phenoxy) is 1. The number of likely N-dealkylation sites (N-methyl/N-ethyl adjacent to an activating group) is 1. The molecule has 1 aromatic heterocycles. The molecule has 0 spiro atoms. The predicted octanol–water partition coefficient (Wildman–Crippen LogP) is 1.92. The number of cyclic esters (lactones) is 1. The fraction of sp³-hybridized carbons (Fsp3) is 0.438. The van der Waals surface area contributed by atoms with Crippen molar-refractivity contribution in [3.05, 3.63) is 35.5 Å². The summed E-state index contributed by atoms with van der Waals surface area (Å²) in [5, 5.41) is -0.706. The van der Waals surface area contributed by atoms with Crippen LogP contribution in [0.25, 0.3) is 10.9 Å². The Morgan fingerprint density at radius 1 is 1.76 bits per heavy atom. The van der Waals surface area contributed by atoms with Crippen molar-refractivity contribution >= 4 is 17.0 Å². The van der Waals surface area contributed by atoms with Crippen molar-refractivity contribution in [2.24, 2.45) is 0 Å². The van der Waals surface area contributed by atoms with Crippen LogP contribution in [-0.2, 0) is 17.5 Å². The van der Waals surface area contributed by atoms with E-state index in [1.807, 2.05) is 0 Å². The van der Waals surface area contributed by atoms with E-state index in [-0.39, 0.29) is 15.7 Å². The third-order valence-electron chi connectivity index (χ3n) is 2.60. The van der Waals surface area contributed by atoms with Crippen molar-refractivity contribution in [2.75, 3.05) is 27.1 Å². The number of nitrogens with zero attached hydrogens (tertiary/aromatic N) is 1. The van der Waals surface area contributed by atoms with Crippen molar-refractivity contribution in [2.45, 2.75) is 18.8 Å². The first kappa shape index (κ1) is 4.74. The molecule has 1 amide bonds. The summed E-state index contributed by atoms with van der Waals surface area (Å²) in [6, 6.07) is -0.410. The molecule has 0 aliphatic carbocycles. The van der Waals surface area contributed by atoms with E-state index in [0.29, 0.717) is 4.98 Å². The molecule has 0 radical (unpaired) electrons. The lowest BCUT2D eigenvalue weighted by molar-refractivity contribution is 0.177. The van der Waals surface area contributed by atoms with Crippen molar-refractivity contribution in [3.8, 4) is 0 Å². The normalized spacial score (nSPS) is 37.7. The molecule has 2 aromatic rings. The van der Waals surface area contributed by atoms with Gasteiger partial charge in [0.25, 0.3) is 0 Å². The van der Waals surface area contributed by atoms with Crippen LogP contribution in [0, 0.1) is 0 Å². The van der Waals surface area contributed by atoms with Crippen LogP contribution in [-0.4, -0.2) is 49.1 Å². The van der Waals surface area contributed by atoms with Gasteiger partial charge < -0.3 is 19.9 Å². The predicted molar refractivity (Wildman–Crippen MR) is 82.5 cm³/mol. The third-order valence-corrected chi connectivity index (χ3v) is 2.60. The van der Waals surface area contributed by atoms with Gasteiger partial charge in [0.05, 0.1) is 11.5 Å². The number of aromatic amines is 1. The molecule has 112 valence electrons. The number of aryl methyl sites for hydroxylation is 1. The summed E-state index contributed by atoms with van der Waals surface area (Å²) >= 11 is 0. The minimum Gasteiger partial charge on any atom is -0.447 e. The molecule has 21 heavy (non-hydrogen) atoms. The standard InChI is InChI=1S/C16H21N3O2/c1-19(2)6-5-12-9-17-15-4-3-11(8-14(12)15)7-13-10-21-16(20)18-13/h3-4,8-9,13,17H,5-7,10H2,1-2H3,(H,18,20)/t13-/m0/s1/i1D3,5D2,6D2,7D2,9D,10D2,13D/hD2. The third kappa shape index (κ3) is 3.19. The Bertz CT molecular complexity index is 1220. The average Bonchev–Trinajstić information content (AvgIpc) is 3.08. The number of carbonyl (C=O) groups excluding carboxylic acids is 1. The molecule has 2 N–H and O–H groups in total. The SMILES string of the molecule is [2H]c1c(C([2H])([2H])C([2H])([2H])N(C)C([2H])([2H])[2H])c2cc(C([2H])([2H])[C@]3([2H])N([2H])C(=O)OC3([2H])[2H])ccc2n1[2H]. The van der Waals surface area contributed by atoms with Gasteiger partial charge in [0.2, 0.25) is 0 Å². The number of hydrogen-bond acceptors (Lipinski definition) is 3. The highest BCUT2D eigenvalue weighted by Gasteiger charge is 2.22. The van der Waals surface area contributed by atoms with Gasteiger partial charge in [-0.1, -0.05) is 6.07 Å². The molecule has 1 atom stereocenters. The Labute approximate surface area is 145 Å². The quantitative estimate of drug-likeness (QED) is 0.887. The van der Waals surface area contributed by atoms with Gasteiger partial charge in [-0.15, -0.1) is 0 Å². The number of rotatable bonds is 5. The summed E-state index contributed by atoms with van der Waals surface area (Å²) < 4.78 is 125. The average molecular weight is 302 g/mol. The largest absolute Gasteiger partial charge is 0.447 e. The summed E-state index contributed by atoms with van der Waals surface area (Å²) in [7, 11) is 0.810. The van der Waals surface area contributed by atoms with Crippen LogP contribution >= 0.6 is 0 Å². The first-order chi connectivity index (χ1) is 16.0. The van der Waals surface area contributed by atoms with Crippen molar-refractivity contribution in [1.82, 2.24) is 15.2 Å². The molecule has 1 aromatic carbocycles. The van der Waals surface area contributed by atoms with E-state index in [0.717, 1.165) is 25.2 Å². The van der Waals surface area contributed by atoms with E-state index < -0.39 is 67.6 Å². The molecule has 1 aliphatic heterocycles.